The normalized spacial score (nSPS) is 10.9. The van der Waals surface area contributed by atoms with E-state index in [0.717, 1.165) is 6.07 Å². The molecule has 1 aromatic carbocycles. The number of carbonyl (C=O) groups is 3. The fourth-order valence-corrected chi connectivity index (χ4v) is 2.60. The third-order valence-electron chi connectivity index (χ3n) is 4.26. The van der Waals surface area contributed by atoms with E-state index in [1.807, 2.05) is 0 Å². The summed E-state index contributed by atoms with van der Waals surface area (Å²) < 4.78 is 0. The van der Waals surface area contributed by atoms with E-state index >= 15 is 0 Å². The van der Waals surface area contributed by atoms with E-state index in [0.29, 0.717) is 12.8 Å². The van der Waals surface area contributed by atoms with Crippen molar-refractivity contribution in [3.05, 3.63) is 38.9 Å². The number of nitrogens with one attached hydrogen (secondary N) is 2. The molecular formula is C16H20ClN3O6. The van der Waals surface area contributed by atoms with Crippen LogP contribution in [0.25, 0.3) is 0 Å². The second-order valence-electron chi connectivity index (χ2n) is 5.64. The fourth-order valence-electron chi connectivity index (χ4n) is 2.35. The summed E-state index contributed by atoms with van der Waals surface area (Å²) in [6, 6.07) is 3.79. The Morgan fingerprint density at radius 3 is 2.35 bits per heavy atom. The third kappa shape index (κ3) is 4.92. The smallest absolute Gasteiger partial charge is 0.311 e. The molecule has 9 nitrogen and oxygen atoms in total. The lowest BCUT2D eigenvalue weighted by molar-refractivity contribution is -0.385. The number of nitrogens with zero attached hydrogens (tertiary/aromatic N) is 1. The van der Waals surface area contributed by atoms with Crippen molar-refractivity contribution in [2.75, 3.05) is 13.1 Å². The van der Waals surface area contributed by atoms with E-state index in [4.69, 9.17) is 11.6 Å². The van der Waals surface area contributed by atoms with Crippen molar-refractivity contribution in [1.29, 1.82) is 0 Å². The Morgan fingerprint density at radius 2 is 1.85 bits per heavy atom. The zero-order valence-electron chi connectivity index (χ0n) is 14.4. The number of nitro benzene ring substituents is 1. The summed E-state index contributed by atoms with van der Waals surface area (Å²) in [4.78, 5) is 45.7. The molecule has 0 aromatic heterocycles. The van der Waals surface area contributed by atoms with Gasteiger partial charge in [-0.15, -0.1) is 0 Å². The summed E-state index contributed by atoms with van der Waals surface area (Å²) in [5.74, 6) is -2.49. The summed E-state index contributed by atoms with van der Waals surface area (Å²) in [7, 11) is 0. The third-order valence-corrected chi connectivity index (χ3v) is 4.57. The van der Waals surface area contributed by atoms with Gasteiger partial charge in [-0.2, -0.15) is 0 Å². The highest BCUT2D eigenvalue weighted by Crippen LogP contribution is 2.26. The number of carbonyl (C=O) groups excluding carboxylic acids is 2. The summed E-state index contributed by atoms with van der Waals surface area (Å²) in [6.45, 7) is 2.87. The molecule has 0 aliphatic rings. The van der Waals surface area contributed by atoms with Crippen LogP contribution in [0.5, 0.6) is 0 Å². The Hall–Kier alpha value is -2.68. The van der Waals surface area contributed by atoms with Gasteiger partial charge < -0.3 is 15.7 Å². The highest BCUT2D eigenvalue weighted by molar-refractivity contribution is 6.34. The van der Waals surface area contributed by atoms with Crippen molar-refractivity contribution in [3.63, 3.8) is 0 Å². The second kappa shape index (κ2) is 9.14. The van der Waals surface area contributed by atoms with Crippen molar-refractivity contribution < 1.29 is 24.4 Å². The first-order chi connectivity index (χ1) is 12.2. The molecular weight excluding hydrogens is 366 g/mol. The number of carboxylic acid groups (broad SMARTS) is 1. The largest absolute Gasteiger partial charge is 0.481 e. The van der Waals surface area contributed by atoms with Gasteiger partial charge in [-0.3, -0.25) is 24.5 Å². The van der Waals surface area contributed by atoms with Gasteiger partial charge in [-0.1, -0.05) is 31.5 Å². The average molecular weight is 386 g/mol. The van der Waals surface area contributed by atoms with E-state index in [2.05, 4.69) is 10.6 Å². The van der Waals surface area contributed by atoms with Gasteiger partial charge in [0.15, 0.2) is 0 Å². The molecule has 0 atom stereocenters. The topological polar surface area (TPSA) is 139 Å². The SMILES string of the molecule is CCC(CC)(CNC(=O)CNC(=O)c1c(Cl)cccc1[N+](=O)[O-])C(=O)O. The van der Waals surface area contributed by atoms with Crippen LogP contribution in [0, 0.1) is 15.5 Å². The molecule has 0 bridgehead atoms. The van der Waals surface area contributed by atoms with Crippen molar-refractivity contribution in [3.8, 4) is 0 Å². The number of nitro groups is 1. The van der Waals surface area contributed by atoms with Gasteiger partial charge >= 0.3 is 5.97 Å². The van der Waals surface area contributed by atoms with Crippen molar-refractivity contribution in [2.24, 2.45) is 5.41 Å². The predicted octanol–water partition coefficient (Wildman–Crippen LogP) is 1.99. The monoisotopic (exact) mass is 385 g/mol. The van der Waals surface area contributed by atoms with Crippen LogP contribution in [0.1, 0.15) is 37.0 Å². The molecule has 3 N–H and O–H groups in total. The van der Waals surface area contributed by atoms with Crippen LogP contribution in [0.3, 0.4) is 0 Å². The van der Waals surface area contributed by atoms with Crippen LogP contribution in [0.2, 0.25) is 5.02 Å². The van der Waals surface area contributed by atoms with E-state index in [-0.39, 0.29) is 17.1 Å². The maximum absolute atomic E-state index is 12.1. The van der Waals surface area contributed by atoms with Crippen LogP contribution in [0.15, 0.2) is 18.2 Å². The maximum Gasteiger partial charge on any atom is 0.311 e. The molecule has 142 valence electrons. The van der Waals surface area contributed by atoms with Crippen LogP contribution < -0.4 is 10.6 Å². The molecule has 0 aliphatic heterocycles. The molecule has 0 unspecified atom stereocenters. The first-order valence-corrected chi connectivity index (χ1v) is 8.27. The summed E-state index contributed by atoms with van der Waals surface area (Å²) >= 11 is 5.85. The van der Waals surface area contributed by atoms with Crippen LogP contribution in [-0.4, -0.2) is 40.9 Å². The molecule has 1 rings (SSSR count). The van der Waals surface area contributed by atoms with E-state index in [9.17, 15) is 29.6 Å². The Morgan fingerprint density at radius 1 is 1.23 bits per heavy atom. The standard InChI is InChI=1S/C16H20ClN3O6/c1-3-16(4-2,15(23)24)9-19-12(21)8-18-14(22)13-10(17)6-5-7-11(13)20(25)26/h5-7H,3-4,8-9H2,1-2H3,(H,18,22)(H,19,21)(H,23,24). The minimum Gasteiger partial charge on any atom is -0.481 e. The zero-order valence-corrected chi connectivity index (χ0v) is 15.1. The molecule has 1 aromatic rings. The van der Waals surface area contributed by atoms with Crippen molar-refractivity contribution >= 4 is 35.1 Å². The van der Waals surface area contributed by atoms with Gasteiger partial charge in [0.1, 0.15) is 5.56 Å². The summed E-state index contributed by atoms with van der Waals surface area (Å²) in [5.41, 5.74) is -1.90. The highest BCUT2D eigenvalue weighted by atomic mass is 35.5. The van der Waals surface area contributed by atoms with Crippen LogP contribution >= 0.6 is 11.6 Å². The number of aliphatic carboxylic acids is 1. The molecule has 0 spiro atoms. The molecule has 0 aliphatic carbocycles. The van der Waals surface area contributed by atoms with Gasteiger partial charge in [0.05, 0.1) is 21.9 Å². The summed E-state index contributed by atoms with van der Waals surface area (Å²) in [6.07, 6.45) is 0.661. The van der Waals surface area contributed by atoms with E-state index in [1.54, 1.807) is 13.8 Å². The molecule has 0 saturated heterocycles. The Labute approximate surface area is 154 Å². The molecule has 0 fully saturated rings. The number of benzene rings is 1. The minimum absolute atomic E-state index is 0.0870. The van der Waals surface area contributed by atoms with Crippen LogP contribution in [0.4, 0.5) is 5.69 Å². The number of rotatable bonds is 9. The van der Waals surface area contributed by atoms with E-state index in [1.165, 1.54) is 12.1 Å². The fraction of sp³-hybridized carbons (Fsp3) is 0.438. The number of amides is 2. The quantitative estimate of drug-likeness (QED) is 0.438. The number of hydrogen-bond acceptors (Lipinski definition) is 5. The van der Waals surface area contributed by atoms with Gasteiger partial charge in [-0.25, -0.2) is 0 Å². The minimum atomic E-state index is -1.08. The lowest BCUT2D eigenvalue weighted by Crippen LogP contribution is -2.45. The zero-order chi connectivity index (χ0) is 19.9. The van der Waals surface area contributed by atoms with Gasteiger partial charge in [0.2, 0.25) is 5.91 Å². The average Bonchev–Trinajstić information content (AvgIpc) is 2.60. The number of halogens is 1. The molecule has 0 radical (unpaired) electrons. The lowest BCUT2D eigenvalue weighted by Gasteiger charge is -2.26. The first-order valence-electron chi connectivity index (χ1n) is 7.89. The summed E-state index contributed by atoms with van der Waals surface area (Å²) in [5, 5.41) is 24.9. The van der Waals surface area contributed by atoms with Gasteiger partial charge in [0.25, 0.3) is 11.6 Å². The predicted molar refractivity (Wildman–Crippen MR) is 94.1 cm³/mol. The first kappa shape index (κ1) is 21.4. The van der Waals surface area contributed by atoms with Crippen LogP contribution in [-0.2, 0) is 9.59 Å². The van der Waals surface area contributed by atoms with E-state index < -0.39 is 40.4 Å². The lowest BCUT2D eigenvalue weighted by atomic mass is 9.82. The Bertz CT molecular complexity index is 718. The highest BCUT2D eigenvalue weighted by Gasteiger charge is 2.35. The van der Waals surface area contributed by atoms with Gasteiger partial charge in [0, 0.05) is 12.6 Å². The number of hydrogen-bond donors (Lipinski definition) is 3. The molecule has 26 heavy (non-hydrogen) atoms. The molecule has 2 amide bonds. The Kier molecular flexibility index (Phi) is 7.51. The molecule has 0 saturated carbocycles. The van der Waals surface area contributed by atoms with Crippen molar-refractivity contribution in [2.45, 2.75) is 26.7 Å². The second-order valence-corrected chi connectivity index (χ2v) is 6.05. The van der Waals surface area contributed by atoms with Crippen molar-refractivity contribution in [1.82, 2.24) is 10.6 Å². The molecule has 0 heterocycles. The van der Waals surface area contributed by atoms with Gasteiger partial charge in [-0.05, 0) is 18.9 Å². The maximum atomic E-state index is 12.1. The number of carboxylic acids is 1. The molecule has 10 heteroatoms. The Balaban J connectivity index is 2.73.